The SMILES string of the molecule is OCCc1ccc(Nc2nc(NO)nc(NCc3ccccc3)n2)cc1. The molecule has 0 aliphatic carbocycles. The van der Waals surface area contributed by atoms with Crippen LogP contribution in [0.4, 0.5) is 23.5 Å². The highest BCUT2D eigenvalue weighted by atomic mass is 16.5. The van der Waals surface area contributed by atoms with Gasteiger partial charge in [-0.1, -0.05) is 42.5 Å². The standard InChI is InChI=1S/C18H20N6O2/c25-11-10-13-6-8-15(9-7-13)20-17-21-16(22-18(23-17)24-26)19-12-14-4-2-1-3-5-14/h1-9,25-26H,10-12H2,(H3,19,20,21,22,23,24). The minimum atomic E-state index is 0.0370. The summed E-state index contributed by atoms with van der Waals surface area (Å²) in [5, 5.41) is 24.3. The zero-order chi connectivity index (χ0) is 18.2. The third-order valence-corrected chi connectivity index (χ3v) is 3.64. The quantitative estimate of drug-likeness (QED) is 0.393. The summed E-state index contributed by atoms with van der Waals surface area (Å²) in [6, 6.07) is 17.4. The van der Waals surface area contributed by atoms with Crippen molar-refractivity contribution in [3.05, 3.63) is 65.7 Å². The first kappa shape index (κ1) is 17.6. The third kappa shape index (κ3) is 4.88. The predicted molar refractivity (Wildman–Crippen MR) is 99.5 cm³/mol. The minimum Gasteiger partial charge on any atom is -0.396 e. The van der Waals surface area contributed by atoms with E-state index in [0.717, 1.165) is 16.8 Å². The van der Waals surface area contributed by atoms with Crippen LogP contribution in [0.1, 0.15) is 11.1 Å². The van der Waals surface area contributed by atoms with Gasteiger partial charge in [-0.15, -0.1) is 0 Å². The Hall–Kier alpha value is -3.23. The van der Waals surface area contributed by atoms with E-state index in [0.29, 0.717) is 24.9 Å². The van der Waals surface area contributed by atoms with Gasteiger partial charge in [-0.2, -0.15) is 15.0 Å². The highest BCUT2D eigenvalue weighted by molar-refractivity contribution is 5.55. The zero-order valence-corrected chi connectivity index (χ0v) is 14.1. The lowest BCUT2D eigenvalue weighted by atomic mass is 10.1. The van der Waals surface area contributed by atoms with Crippen molar-refractivity contribution >= 4 is 23.5 Å². The molecule has 0 spiro atoms. The molecule has 0 atom stereocenters. The fourth-order valence-electron chi connectivity index (χ4n) is 2.35. The number of rotatable bonds is 8. The van der Waals surface area contributed by atoms with Gasteiger partial charge in [0.05, 0.1) is 0 Å². The van der Waals surface area contributed by atoms with E-state index in [1.54, 1.807) is 0 Å². The Morgan fingerprint density at radius 3 is 2.15 bits per heavy atom. The summed E-state index contributed by atoms with van der Waals surface area (Å²) >= 11 is 0. The van der Waals surface area contributed by atoms with E-state index in [1.165, 1.54) is 0 Å². The van der Waals surface area contributed by atoms with Gasteiger partial charge in [0.15, 0.2) is 0 Å². The van der Waals surface area contributed by atoms with Crippen LogP contribution in [0.5, 0.6) is 0 Å². The Bertz CT molecular complexity index is 827. The highest BCUT2D eigenvalue weighted by Gasteiger charge is 2.07. The van der Waals surface area contributed by atoms with Crippen molar-refractivity contribution < 1.29 is 10.3 Å². The Morgan fingerprint density at radius 2 is 1.46 bits per heavy atom. The first-order valence-electron chi connectivity index (χ1n) is 8.17. The maximum atomic E-state index is 9.15. The Balaban J connectivity index is 1.72. The summed E-state index contributed by atoms with van der Waals surface area (Å²) < 4.78 is 0. The molecule has 5 N–H and O–H groups in total. The molecule has 0 saturated heterocycles. The molecule has 8 nitrogen and oxygen atoms in total. The van der Waals surface area contributed by atoms with Crippen LogP contribution in [0.3, 0.4) is 0 Å². The fourth-order valence-corrected chi connectivity index (χ4v) is 2.35. The van der Waals surface area contributed by atoms with Crippen molar-refractivity contribution in [2.75, 3.05) is 22.7 Å². The zero-order valence-electron chi connectivity index (χ0n) is 14.1. The van der Waals surface area contributed by atoms with E-state index < -0.39 is 0 Å². The van der Waals surface area contributed by atoms with Crippen LogP contribution in [0.2, 0.25) is 0 Å². The van der Waals surface area contributed by atoms with Crippen LogP contribution < -0.4 is 16.1 Å². The van der Waals surface area contributed by atoms with E-state index in [2.05, 4.69) is 25.6 Å². The van der Waals surface area contributed by atoms with Crippen LogP contribution in [-0.4, -0.2) is 31.9 Å². The number of aliphatic hydroxyl groups is 1. The molecule has 0 bridgehead atoms. The van der Waals surface area contributed by atoms with Gasteiger partial charge in [-0.25, -0.2) is 5.48 Å². The topological polar surface area (TPSA) is 115 Å². The maximum Gasteiger partial charge on any atom is 0.253 e. The van der Waals surface area contributed by atoms with Crippen molar-refractivity contribution in [3.63, 3.8) is 0 Å². The van der Waals surface area contributed by atoms with Crippen molar-refractivity contribution in [1.29, 1.82) is 0 Å². The third-order valence-electron chi connectivity index (χ3n) is 3.64. The molecule has 0 aliphatic rings. The van der Waals surface area contributed by atoms with E-state index in [-0.39, 0.29) is 12.6 Å². The molecule has 0 fully saturated rings. The lowest BCUT2D eigenvalue weighted by molar-refractivity contribution is 0.299. The highest BCUT2D eigenvalue weighted by Crippen LogP contribution is 2.17. The van der Waals surface area contributed by atoms with Crippen molar-refractivity contribution in [1.82, 2.24) is 15.0 Å². The van der Waals surface area contributed by atoms with Crippen LogP contribution in [0.25, 0.3) is 0 Å². The van der Waals surface area contributed by atoms with E-state index >= 15 is 0 Å². The van der Waals surface area contributed by atoms with E-state index in [9.17, 15) is 0 Å². The van der Waals surface area contributed by atoms with Gasteiger partial charge in [-0.05, 0) is 29.7 Å². The van der Waals surface area contributed by atoms with Gasteiger partial charge in [0.1, 0.15) is 0 Å². The number of anilines is 4. The molecule has 0 saturated carbocycles. The molecular formula is C18H20N6O2. The molecule has 3 aromatic rings. The smallest absolute Gasteiger partial charge is 0.253 e. The monoisotopic (exact) mass is 352 g/mol. The second kappa shape index (κ2) is 8.75. The molecule has 0 radical (unpaired) electrons. The Labute approximate surface area is 150 Å². The molecule has 1 heterocycles. The number of nitrogens with one attached hydrogen (secondary N) is 3. The van der Waals surface area contributed by atoms with Gasteiger partial charge in [0, 0.05) is 18.8 Å². The average molecular weight is 352 g/mol. The molecular weight excluding hydrogens is 332 g/mol. The lowest BCUT2D eigenvalue weighted by Crippen LogP contribution is -2.09. The molecule has 134 valence electrons. The normalized spacial score (nSPS) is 10.4. The molecule has 8 heteroatoms. The van der Waals surface area contributed by atoms with Gasteiger partial charge in [-0.3, -0.25) is 5.21 Å². The number of nitrogens with zero attached hydrogens (tertiary/aromatic N) is 3. The Kier molecular flexibility index (Phi) is 5.92. The molecule has 1 aromatic heterocycles. The van der Waals surface area contributed by atoms with Gasteiger partial charge >= 0.3 is 0 Å². The molecule has 3 rings (SSSR count). The summed E-state index contributed by atoms with van der Waals surface area (Å²) in [5.74, 6) is 0.664. The Morgan fingerprint density at radius 1 is 0.769 bits per heavy atom. The number of benzene rings is 2. The van der Waals surface area contributed by atoms with Crippen molar-refractivity contribution in [2.45, 2.75) is 13.0 Å². The predicted octanol–water partition coefficient (Wildman–Crippen LogP) is 2.56. The van der Waals surface area contributed by atoms with Crippen LogP contribution >= 0.6 is 0 Å². The number of hydrogen-bond donors (Lipinski definition) is 5. The lowest BCUT2D eigenvalue weighted by Gasteiger charge is -2.10. The summed E-state index contributed by atoms with van der Waals surface area (Å²) in [5.41, 5.74) is 4.86. The fraction of sp³-hybridized carbons (Fsp3) is 0.167. The second-order valence-electron chi connectivity index (χ2n) is 5.55. The van der Waals surface area contributed by atoms with Crippen LogP contribution in [-0.2, 0) is 13.0 Å². The summed E-state index contributed by atoms with van der Waals surface area (Å²) in [4.78, 5) is 12.5. The summed E-state index contributed by atoms with van der Waals surface area (Å²) in [6.45, 7) is 0.660. The maximum absolute atomic E-state index is 9.15. The van der Waals surface area contributed by atoms with E-state index in [1.807, 2.05) is 60.1 Å². The van der Waals surface area contributed by atoms with Crippen LogP contribution in [0, 0.1) is 0 Å². The minimum absolute atomic E-state index is 0.0370. The van der Waals surface area contributed by atoms with Gasteiger partial charge in [0.2, 0.25) is 11.9 Å². The first-order chi connectivity index (χ1) is 12.8. The van der Waals surface area contributed by atoms with E-state index in [4.69, 9.17) is 10.3 Å². The molecule has 0 unspecified atom stereocenters. The molecule has 0 amide bonds. The summed E-state index contributed by atoms with van der Waals surface area (Å²) in [6.07, 6.45) is 0.609. The van der Waals surface area contributed by atoms with Crippen LogP contribution in [0.15, 0.2) is 54.6 Å². The number of aliphatic hydroxyl groups excluding tert-OH is 1. The number of hydrogen-bond acceptors (Lipinski definition) is 8. The number of aromatic nitrogens is 3. The average Bonchev–Trinajstić information content (AvgIpc) is 2.69. The molecule has 26 heavy (non-hydrogen) atoms. The van der Waals surface area contributed by atoms with Crippen molar-refractivity contribution in [2.24, 2.45) is 0 Å². The summed E-state index contributed by atoms with van der Waals surface area (Å²) in [7, 11) is 0. The van der Waals surface area contributed by atoms with Gasteiger partial charge < -0.3 is 15.7 Å². The molecule has 0 aliphatic heterocycles. The largest absolute Gasteiger partial charge is 0.396 e. The second-order valence-corrected chi connectivity index (χ2v) is 5.55. The van der Waals surface area contributed by atoms with Crippen molar-refractivity contribution in [3.8, 4) is 0 Å². The first-order valence-corrected chi connectivity index (χ1v) is 8.17. The van der Waals surface area contributed by atoms with Gasteiger partial charge in [0.25, 0.3) is 5.95 Å². The molecule has 2 aromatic carbocycles.